The van der Waals surface area contributed by atoms with Gasteiger partial charge in [-0.3, -0.25) is 11.3 Å². The standard InChI is InChI=1S/C14H11Br2ClF2N2/c15-10-3-4-12(18)9(14(10)19)6-13(21-20)8-2-1-7(17)5-11(8)16/h1-5,13,21H,6,20H2. The maximum Gasteiger partial charge on any atom is 0.143 e. The van der Waals surface area contributed by atoms with Crippen molar-refractivity contribution in [2.24, 2.45) is 5.84 Å². The molecule has 2 rings (SSSR count). The number of halogens is 5. The van der Waals surface area contributed by atoms with Crippen LogP contribution in [0, 0.1) is 11.6 Å². The third-order valence-electron chi connectivity index (χ3n) is 3.09. The lowest BCUT2D eigenvalue weighted by Gasteiger charge is -2.19. The zero-order chi connectivity index (χ0) is 15.6. The van der Waals surface area contributed by atoms with Crippen molar-refractivity contribution in [1.82, 2.24) is 5.43 Å². The van der Waals surface area contributed by atoms with Crippen LogP contribution >= 0.6 is 43.5 Å². The van der Waals surface area contributed by atoms with Crippen molar-refractivity contribution in [3.8, 4) is 0 Å². The summed E-state index contributed by atoms with van der Waals surface area (Å²) in [6, 6.07) is 7.23. The normalized spacial score (nSPS) is 12.5. The van der Waals surface area contributed by atoms with Crippen LogP contribution in [0.25, 0.3) is 0 Å². The molecular formula is C14H11Br2ClF2N2. The smallest absolute Gasteiger partial charge is 0.143 e. The molecule has 2 nitrogen and oxygen atoms in total. The lowest BCUT2D eigenvalue weighted by Crippen LogP contribution is -2.30. The lowest BCUT2D eigenvalue weighted by atomic mass is 9.98. The molecule has 0 aliphatic rings. The van der Waals surface area contributed by atoms with Crippen LogP contribution in [0.1, 0.15) is 17.2 Å². The predicted octanol–water partition coefficient (Wildman–Crippen LogP) is 4.89. The zero-order valence-electron chi connectivity index (χ0n) is 10.6. The molecule has 0 radical (unpaired) electrons. The number of hydrazine groups is 1. The molecule has 0 aliphatic heterocycles. The highest BCUT2D eigenvalue weighted by Gasteiger charge is 2.20. The molecular weight excluding hydrogens is 429 g/mol. The minimum atomic E-state index is -0.625. The molecule has 1 atom stereocenters. The van der Waals surface area contributed by atoms with Gasteiger partial charge >= 0.3 is 0 Å². The van der Waals surface area contributed by atoms with Gasteiger partial charge in [-0.2, -0.15) is 0 Å². The van der Waals surface area contributed by atoms with Crippen molar-refractivity contribution in [3.05, 3.63) is 67.1 Å². The van der Waals surface area contributed by atoms with E-state index in [1.807, 2.05) is 0 Å². The summed E-state index contributed by atoms with van der Waals surface area (Å²) in [5.41, 5.74) is 3.31. The second-order valence-corrected chi connectivity index (χ2v) is 6.56. The van der Waals surface area contributed by atoms with E-state index in [1.165, 1.54) is 12.1 Å². The number of rotatable bonds is 4. The molecule has 0 saturated heterocycles. The van der Waals surface area contributed by atoms with Gasteiger partial charge in [0.1, 0.15) is 11.6 Å². The van der Waals surface area contributed by atoms with Crippen LogP contribution in [0.5, 0.6) is 0 Å². The van der Waals surface area contributed by atoms with E-state index in [0.717, 1.165) is 5.56 Å². The molecule has 0 spiro atoms. The summed E-state index contributed by atoms with van der Waals surface area (Å²) in [5, 5.41) is 0.557. The van der Waals surface area contributed by atoms with Gasteiger partial charge in [-0.25, -0.2) is 8.78 Å². The molecule has 0 aromatic heterocycles. The second kappa shape index (κ2) is 7.15. The molecule has 2 aromatic rings. The molecule has 21 heavy (non-hydrogen) atoms. The Balaban J connectivity index is 2.38. The first-order valence-corrected chi connectivity index (χ1v) is 7.94. The average molecular weight is 441 g/mol. The molecule has 112 valence electrons. The zero-order valence-corrected chi connectivity index (χ0v) is 14.6. The molecule has 7 heteroatoms. The van der Waals surface area contributed by atoms with Crippen molar-refractivity contribution in [3.63, 3.8) is 0 Å². The van der Waals surface area contributed by atoms with Crippen LogP contribution < -0.4 is 11.3 Å². The number of hydrogen-bond acceptors (Lipinski definition) is 2. The van der Waals surface area contributed by atoms with E-state index < -0.39 is 17.7 Å². The Morgan fingerprint density at radius 3 is 2.48 bits per heavy atom. The first-order valence-electron chi connectivity index (χ1n) is 5.97. The number of hydrogen-bond donors (Lipinski definition) is 2. The molecule has 0 fully saturated rings. The fraction of sp³-hybridized carbons (Fsp3) is 0.143. The monoisotopic (exact) mass is 438 g/mol. The van der Waals surface area contributed by atoms with Crippen LogP contribution in [-0.2, 0) is 6.42 Å². The molecule has 0 saturated carbocycles. The largest absolute Gasteiger partial charge is 0.271 e. The van der Waals surface area contributed by atoms with Gasteiger partial charge < -0.3 is 0 Å². The maximum absolute atomic E-state index is 14.1. The first-order chi connectivity index (χ1) is 9.93. The molecule has 3 N–H and O–H groups in total. The Morgan fingerprint density at radius 1 is 1.14 bits per heavy atom. The van der Waals surface area contributed by atoms with Gasteiger partial charge in [-0.1, -0.05) is 33.6 Å². The molecule has 0 aliphatic carbocycles. The Morgan fingerprint density at radius 2 is 1.86 bits per heavy atom. The van der Waals surface area contributed by atoms with E-state index in [4.69, 9.17) is 17.4 Å². The van der Waals surface area contributed by atoms with E-state index in [-0.39, 0.29) is 16.5 Å². The van der Waals surface area contributed by atoms with Crippen LogP contribution in [0.2, 0.25) is 5.02 Å². The van der Waals surface area contributed by atoms with Crippen molar-refractivity contribution in [2.45, 2.75) is 12.5 Å². The molecule has 1 unspecified atom stereocenters. The van der Waals surface area contributed by atoms with Crippen molar-refractivity contribution >= 4 is 43.5 Å². The van der Waals surface area contributed by atoms with Gasteiger partial charge in [0.05, 0.1) is 10.5 Å². The Kier molecular flexibility index (Phi) is 5.73. The summed E-state index contributed by atoms with van der Waals surface area (Å²) in [4.78, 5) is 0. The minimum absolute atomic E-state index is 0.0332. The number of nitrogens with one attached hydrogen (secondary N) is 1. The lowest BCUT2D eigenvalue weighted by molar-refractivity contribution is 0.497. The van der Waals surface area contributed by atoms with Crippen LogP contribution in [0.4, 0.5) is 8.78 Å². The Bertz CT molecular complexity index is 668. The van der Waals surface area contributed by atoms with E-state index in [0.29, 0.717) is 9.50 Å². The van der Waals surface area contributed by atoms with Crippen LogP contribution in [-0.4, -0.2) is 0 Å². The number of benzene rings is 2. The van der Waals surface area contributed by atoms with E-state index in [1.54, 1.807) is 18.2 Å². The third kappa shape index (κ3) is 3.81. The van der Waals surface area contributed by atoms with Crippen molar-refractivity contribution in [2.75, 3.05) is 0 Å². The topological polar surface area (TPSA) is 38.0 Å². The summed E-state index contributed by atoms with van der Waals surface area (Å²) in [6.45, 7) is 0. The predicted molar refractivity (Wildman–Crippen MR) is 87.0 cm³/mol. The van der Waals surface area contributed by atoms with Crippen molar-refractivity contribution in [1.29, 1.82) is 0 Å². The third-order valence-corrected chi connectivity index (χ3v) is 4.62. The Labute approximate surface area is 142 Å². The second-order valence-electron chi connectivity index (χ2n) is 4.41. The van der Waals surface area contributed by atoms with E-state index >= 15 is 0 Å². The van der Waals surface area contributed by atoms with Gasteiger partial charge in [0.15, 0.2) is 0 Å². The highest BCUT2D eigenvalue weighted by Crippen LogP contribution is 2.31. The van der Waals surface area contributed by atoms with Crippen molar-refractivity contribution < 1.29 is 8.78 Å². The van der Waals surface area contributed by atoms with Crippen LogP contribution in [0.3, 0.4) is 0 Å². The molecule has 0 amide bonds. The fourth-order valence-corrected chi connectivity index (χ4v) is 3.33. The van der Waals surface area contributed by atoms with Gasteiger partial charge in [0, 0.05) is 15.1 Å². The highest BCUT2D eigenvalue weighted by atomic mass is 79.9. The fourth-order valence-electron chi connectivity index (χ4n) is 2.00. The van der Waals surface area contributed by atoms with Crippen LogP contribution in [0.15, 0.2) is 39.3 Å². The van der Waals surface area contributed by atoms with Gasteiger partial charge in [0.2, 0.25) is 0 Å². The van der Waals surface area contributed by atoms with E-state index in [9.17, 15) is 8.78 Å². The quantitative estimate of drug-likeness (QED) is 0.404. The molecule has 0 heterocycles. The summed E-state index contributed by atoms with van der Waals surface area (Å²) in [6.07, 6.45) is 0.0633. The molecule has 0 bridgehead atoms. The summed E-state index contributed by atoms with van der Waals surface area (Å²) < 4.78 is 28.8. The van der Waals surface area contributed by atoms with E-state index in [2.05, 4.69) is 37.3 Å². The first kappa shape index (κ1) is 16.8. The molecule has 2 aromatic carbocycles. The summed E-state index contributed by atoms with van der Waals surface area (Å²) in [7, 11) is 0. The minimum Gasteiger partial charge on any atom is -0.271 e. The van der Waals surface area contributed by atoms with Gasteiger partial charge in [-0.15, -0.1) is 0 Å². The summed E-state index contributed by atoms with van der Waals surface area (Å²) >= 11 is 12.3. The highest BCUT2D eigenvalue weighted by molar-refractivity contribution is 9.10. The number of nitrogens with two attached hydrogens (primary N) is 1. The SMILES string of the molecule is NNC(Cc1c(F)ccc(Br)c1F)c1ccc(Cl)cc1Br. The van der Waals surface area contributed by atoms with Gasteiger partial charge in [0.25, 0.3) is 0 Å². The summed E-state index contributed by atoms with van der Waals surface area (Å²) in [5.74, 6) is 4.30. The maximum atomic E-state index is 14.1. The van der Waals surface area contributed by atoms with Gasteiger partial charge in [-0.05, 0) is 52.2 Å². The Hall–Kier alpha value is -0.530. The average Bonchev–Trinajstić information content (AvgIpc) is 2.44.